The molecule has 0 saturated heterocycles. The number of hydrogen-bond acceptors (Lipinski definition) is 9. The first-order valence-corrected chi connectivity index (χ1v) is 18.6. The van der Waals surface area contributed by atoms with Crippen molar-refractivity contribution in [2.75, 3.05) is 13.2 Å². The van der Waals surface area contributed by atoms with Crippen LogP contribution >= 0.6 is 10.3 Å². The summed E-state index contributed by atoms with van der Waals surface area (Å²) in [5.74, 6) is -1.29. The molecule has 0 heterocycles. The van der Waals surface area contributed by atoms with Crippen LogP contribution in [0.1, 0.15) is 47.1 Å². The van der Waals surface area contributed by atoms with E-state index in [-0.39, 0.29) is 16.4 Å². The van der Waals surface area contributed by atoms with E-state index in [9.17, 15) is 31.2 Å². The van der Waals surface area contributed by atoms with Crippen LogP contribution in [0.25, 0.3) is 0 Å². The van der Waals surface area contributed by atoms with Gasteiger partial charge < -0.3 is 18.9 Å². The van der Waals surface area contributed by atoms with Crippen molar-refractivity contribution in [2.45, 2.75) is 78.5 Å². The zero-order valence-electron chi connectivity index (χ0n) is 28.9. The molecule has 0 atom stereocenters. The van der Waals surface area contributed by atoms with Gasteiger partial charge >= 0.3 is 28.2 Å². The van der Waals surface area contributed by atoms with Gasteiger partial charge in [-0.3, -0.25) is 0 Å². The van der Waals surface area contributed by atoms with Crippen molar-refractivity contribution in [3.8, 4) is 11.5 Å². The minimum absolute atomic E-state index is 0.0387. The first kappa shape index (κ1) is 39.3. The number of esters is 2. The van der Waals surface area contributed by atoms with E-state index < -0.39 is 73.4 Å². The maximum absolute atomic E-state index is 14.1. The largest absolute Gasteiger partial charge is 0.482 e. The lowest BCUT2D eigenvalue weighted by Gasteiger charge is -2.39. The molecule has 0 N–H and O–H groups in total. The molecule has 274 valence electrons. The highest BCUT2D eigenvalue weighted by atomic mass is 32.3. The van der Waals surface area contributed by atoms with Gasteiger partial charge in [0.15, 0.2) is 13.2 Å². The number of hydrogen-bond donors (Lipinski definition) is 0. The molecule has 0 saturated carbocycles. The molecule has 51 heavy (non-hydrogen) atoms. The van der Waals surface area contributed by atoms with E-state index in [1.807, 2.05) is 0 Å². The second kappa shape index (κ2) is 15.4. The molecule has 0 bridgehead atoms. The number of benzene rings is 4. The second-order valence-electron chi connectivity index (χ2n) is 13.1. The van der Waals surface area contributed by atoms with E-state index in [4.69, 9.17) is 22.6 Å². The van der Waals surface area contributed by atoms with Crippen molar-refractivity contribution in [2.24, 2.45) is 0 Å². The number of carbonyl (C=O) groups excluding carboxylic acids is 2. The number of alkyl halides is 3. The summed E-state index contributed by atoms with van der Waals surface area (Å²) in [4.78, 5) is 25.7. The Morgan fingerprint density at radius 3 is 1.35 bits per heavy atom. The van der Waals surface area contributed by atoms with Crippen molar-refractivity contribution in [3.63, 3.8) is 0 Å². The van der Waals surface area contributed by atoms with E-state index in [2.05, 4.69) is 0 Å². The lowest BCUT2D eigenvalue weighted by Crippen LogP contribution is -2.27. The van der Waals surface area contributed by atoms with Crippen molar-refractivity contribution >= 4 is 32.4 Å². The van der Waals surface area contributed by atoms with Crippen LogP contribution in [-0.2, 0) is 39.0 Å². The average Bonchev–Trinajstić information content (AvgIpc) is 3.04. The summed E-state index contributed by atoms with van der Waals surface area (Å²) in [7, 11) is -8.16. The van der Waals surface area contributed by atoms with Gasteiger partial charge in [-0.15, -0.1) is 0 Å². The molecule has 4 aromatic carbocycles. The van der Waals surface area contributed by atoms with E-state index in [0.29, 0.717) is 21.9 Å². The summed E-state index contributed by atoms with van der Waals surface area (Å²) in [5, 5.41) is 0. The van der Waals surface area contributed by atoms with Gasteiger partial charge in [0.2, 0.25) is 0 Å². The Labute approximate surface area is 297 Å². The highest BCUT2D eigenvalue weighted by Gasteiger charge is 2.40. The molecule has 0 fully saturated rings. The Balaban J connectivity index is 1.93. The maximum atomic E-state index is 14.1. The van der Waals surface area contributed by atoms with Crippen molar-refractivity contribution < 1.29 is 53.8 Å². The summed E-state index contributed by atoms with van der Waals surface area (Å²) in [5.41, 5.74) is -2.64. The summed E-state index contributed by atoms with van der Waals surface area (Å²) in [6.07, 6.45) is -4.69. The Kier molecular flexibility index (Phi) is 11.8. The van der Waals surface area contributed by atoms with Gasteiger partial charge in [-0.05, 0) is 113 Å². The van der Waals surface area contributed by atoms with Gasteiger partial charge in [-0.2, -0.15) is 21.6 Å². The highest BCUT2D eigenvalue weighted by Crippen LogP contribution is 2.71. The van der Waals surface area contributed by atoms with Crippen LogP contribution in [-0.4, -0.2) is 44.8 Å². The summed E-state index contributed by atoms with van der Waals surface area (Å²) in [6, 6.07) is 24.1. The average molecular weight is 749 g/mol. The molecular formula is C37H39F3O9S2. The molecular weight excluding hydrogens is 710 g/mol. The number of rotatable bonds is 12. The molecule has 0 aliphatic carbocycles. The third kappa shape index (κ3) is 10.7. The Bertz CT molecular complexity index is 1830. The van der Waals surface area contributed by atoms with Gasteiger partial charge in [0, 0.05) is 20.8 Å². The summed E-state index contributed by atoms with van der Waals surface area (Å²) in [6.45, 7) is 9.10. The van der Waals surface area contributed by atoms with Crippen LogP contribution in [0.15, 0.2) is 123 Å². The molecule has 0 unspecified atom stereocenters. The Hall–Kier alpha value is -4.53. The molecule has 0 aliphatic heterocycles. The number of halogens is 3. The predicted molar refractivity (Wildman–Crippen MR) is 184 cm³/mol. The molecule has 0 radical (unpaired) electrons. The minimum atomic E-state index is -4.80. The minimum Gasteiger partial charge on any atom is -0.482 e. The van der Waals surface area contributed by atoms with E-state index in [0.717, 1.165) is 12.1 Å². The second-order valence-corrected chi connectivity index (χ2v) is 17.6. The smallest absolute Gasteiger partial charge is 0.416 e. The lowest BCUT2D eigenvalue weighted by atomic mass is 10.2. The van der Waals surface area contributed by atoms with Gasteiger partial charge in [0.25, 0.3) is 0 Å². The van der Waals surface area contributed by atoms with E-state index >= 15 is 0 Å². The Morgan fingerprint density at radius 2 is 0.980 bits per heavy atom. The first-order chi connectivity index (χ1) is 23.7. The Morgan fingerprint density at radius 1 is 0.569 bits per heavy atom. The zero-order valence-corrected chi connectivity index (χ0v) is 30.5. The molecule has 0 amide bonds. The van der Waals surface area contributed by atoms with Gasteiger partial charge in [-0.25, -0.2) is 13.2 Å². The molecule has 0 spiro atoms. The highest BCUT2D eigenvalue weighted by molar-refractivity contribution is 8.33. The van der Waals surface area contributed by atoms with Crippen molar-refractivity contribution in [1.82, 2.24) is 0 Å². The molecule has 14 heteroatoms. The molecule has 4 rings (SSSR count). The zero-order chi connectivity index (χ0) is 37.7. The summed E-state index contributed by atoms with van der Waals surface area (Å²) >= 11 is 0. The monoisotopic (exact) mass is 748 g/mol. The van der Waals surface area contributed by atoms with Crippen LogP contribution in [0.3, 0.4) is 0 Å². The maximum Gasteiger partial charge on any atom is 0.416 e. The normalized spacial score (nSPS) is 12.9. The van der Waals surface area contributed by atoms with Crippen LogP contribution in [0, 0.1) is 0 Å². The SMILES string of the molecule is CC(C)(C)OC(=O)COc1cc(OCC(=O)OC(C)(C)C)cc(S(OS(=O)(=O)c2ccc(C(F)(F)F)cc2)(c2ccccc2)c2ccccc2)c1. The lowest BCUT2D eigenvalue weighted by molar-refractivity contribution is -0.158. The first-order valence-electron chi connectivity index (χ1n) is 15.6. The van der Waals surface area contributed by atoms with Crippen molar-refractivity contribution in [3.05, 3.63) is 109 Å². The molecule has 4 aromatic rings. The van der Waals surface area contributed by atoms with Crippen LogP contribution in [0.2, 0.25) is 0 Å². The van der Waals surface area contributed by atoms with Crippen LogP contribution < -0.4 is 9.47 Å². The topological polar surface area (TPSA) is 114 Å². The van der Waals surface area contributed by atoms with E-state index in [1.165, 1.54) is 18.2 Å². The van der Waals surface area contributed by atoms with Gasteiger partial charge in [0.05, 0.1) is 10.5 Å². The fourth-order valence-electron chi connectivity index (χ4n) is 4.64. The fraction of sp³-hybridized carbons (Fsp3) is 0.297. The standard InChI is InChI=1S/C37H39F3O9S2/c1-35(2,3)47-33(41)24-45-27-21-28(46-25-34(42)48-36(4,5)6)23-32(22-27)50(29-13-9-7-10-14-29,30-15-11-8-12-16-30)49-51(43,44)31-19-17-26(18-20-31)37(38,39)40/h7-23H,24-25H2,1-6H3. The third-order valence-corrected chi connectivity index (χ3v) is 11.7. The van der Waals surface area contributed by atoms with Crippen molar-refractivity contribution in [1.29, 1.82) is 0 Å². The predicted octanol–water partition coefficient (Wildman–Crippen LogP) is 8.75. The molecule has 0 aliphatic rings. The van der Waals surface area contributed by atoms with Crippen LogP contribution in [0.4, 0.5) is 13.2 Å². The van der Waals surface area contributed by atoms with E-state index in [1.54, 1.807) is 102 Å². The van der Waals surface area contributed by atoms with Crippen LogP contribution in [0.5, 0.6) is 11.5 Å². The van der Waals surface area contributed by atoms with Gasteiger partial charge in [0.1, 0.15) is 22.7 Å². The molecule has 0 aromatic heterocycles. The summed E-state index contributed by atoms with van der Waals surface area (Å²) < 4.78 is 97.0. The fourth-order valence-corrected chi connectivity index (χ4v) is 9.90. The molecule has 9 nitrogen and oxygen atoms in total. The number of carbonyl (C=O) groups is 2. The quantitative estimate of drug-likeness (QED) is 0.131. The third-order valence-electron chi connectivity index (χ3n) is 6.55. The number of ether oxygens (including phenoxy) is 4. The van der Waals surface area contributed by atoms with Gasteiger partial charge in [-0.1, -0.05) is 36.4 Å².